The van der Waals surface area contributed by atoms with Gasteiger partial charge in [-0.15, -0.1) is 0 Å². The van der Waals surface area contributed by atoms with Crippen LogP contribution in [0.2, 0.25) is 0 Å². The van der Waals surface area contributed by atoms with E-state index < -0.39 is 0 Å². The van der Waals surface area contributed by atoms with Crippen molar-refractivity contribution in [3.8, 4) is 11.4 Å². The van der Waals surface area contributed by atoms with Gasteiger partial charge >= 0.3 is 0 Å². The molecule has 0 atom stereocenters. The summed E-state index contributed by atoms with van der Waals surface area (Å²) in [5, 5.41) is 0. The zero-order chi connectivity index (χ0) is 14.1. The lowest BCUT2D eigenvalue weighted by molar-refractivity contribution is 0.687. The second kappa shape index (κ2) is 5.68. The Kier molecular flexibility index (Phi) is 3.92. The van der Waals surface area contributed by atoms with Crippen molar-refractivity contribution in [3.63, 3.8) is 0 Å². The number of aryl methyl sites for hydroxylation is 1. The van der Waals surface area contributed by atoms with Crippen LogP contribution in [0.1, 0.15) is 42.9 Å². The third-order valence-electron chi connectivity index (χ3n) is 4.03. The van der Waals surface area contributed by atoms with Crippen molar-refractivity contribution >= 4 is 22.6 Å². The van der Waals surface area contributed by atoms with Gasteiger partial charge in [0, 0.05) is 11.5 Å². The molecular weight excluding hydrogens is 363 g/mol. The van der Waals surface area contributed by atoms with E-state index in [0.717, 1.165) is 33.2 Å². The fourth-order valence-corrected chi connectivity index (χ4v) is 3.61. The van der Waals surface area contributed by atoms with Gasteiger partial charge in [-0.05, 0) is 47.9 Å². The molecule has 0 unspecified atom stereocenters. The van der Waals surface area contributed by atoms with E-state index in [0.29, 0.717) is 11.7 Å². The van der Waals surface area contributed by atoms with Crippen LogP contribution in [0.5, 0.6) is 0 Å². The van der Waals surface area contributed by atoms with E-state index in [-0.39, 0.29) is 5.56 Å². The molecule has 3 nitrogen and oxygen atoms in total. The molecule has 0 saturated heterocycles. The summed E-state index contributed by atoms with van der Waals surface area (Å²) in [6.45, 7) is 2.04. The molecule has 104 valence electrons. The number of benzene rings is 1. The topological polar surface area (TPSA) is 45.8 Å². The first-order valence-electron chi connectivity index (χ1n) is 7.02. The van der Waals surface area contributed by atoms with Crippen LogP contribution in [0, 0.1) is 10.5 Å². The van der Waals surface area contributed by atoms with E-state index in [9.17, 15) is 4.79 Å². The van der Waals surface area contributed by atoms with Gasteiger partial charge in [-0.3, -0.25) is 4.79 Å². The van der Waals surface area contributed by atoms with Gasteiger partial charge in [-0.1, -0.05) is 37.1 Å². The standard InChI is InChI=1S/C16H17IN2O/c1-10-6-2-5-9-12(10)15-18-14(11-7-3-4-8-11)13(17)16(20)19-15/h2,5-6,9,11H,3-4,7-8H2,1H3,(H,18,19,20). The Morgan fingerprint density at radius 3 is 2.65 bits per heavy atom. The van der Waals surface area contributed by atoms with Crippen molar-refractivity contribution in [2.45, 2.75) is 38.5 Å². The molecule has 1 N–H and O–H groups in total. The molecule has 0 radical (unpaired) electrons. The van der Waals surface area contributed by atoms with Gasteiger partial charge in [-0.2, -0.15) is 0 Å². The first kappa shape index (κ1) is 13.8. The predicted octanol–water partition coefficient (Wildman–Crippen LogP) is 4.01. The minimum absolute atomic E-state index is 0.0132. The normalized spacial score (nSPS) is 15.7. The Hall–Kier alpha value is -1.17. The van der Waals surface area contributed by atoms with Crippen LogP contribution in [-0.2, 0) is 0 Å². The van der Waals surface area contributed by atoms with Gasteiger partial charge in [0.25, 0.3) is 5.56 Å². The first-order chi connectivity index (χ1) is 9.66. The molecule has 3 rings (SSSR count). The van der Waals surface area contributed by atoms with Gasteiger partial charge in [0.15, 0.2) is 0 Å². The van der Waals surface area contributed by atoms with Gasteiger partial charge in [0.1, 0.15) is 5.82 Å². The lowest BCUT2D eigenvalue weighted by Gasteiger charge is -2.13. The quantitative estimate of drug-likeness (QED) is 0.801. The smallest absolute Gasteiger partial charge is 0.264 e. The van der Waals surface area contributed by atoms with Crippen LogP contribution in [0.4, 0.5) is 0 Å². The fourth-order valence-electron chi connectivity index (χ4n) is 2.91. The molecule has 1 aliphatic rings. The van der Waals surface area contributed by atoms with Gasteiger partial charge in [0.05, 0.1) is 9.26 Å². The Bertz CT molecular complexity index is 687. The number of aromatic nitrogens is 2. The summed E-state index contributed by atoms with van der Waals surface area (Å²) < 4.78 is 0.756. The number of hydrogen-bond donors (Lipinski definition) is 1. The summed E-state index contributed by atoms with van der Waals surface area (Å²) in [4.78, 5) is 19.9. The molecule has 1 saturated carbocycles. The number of nitrogens with one attached hydrogen (secondary N) is 1. The predicted molar refractivity (Wildman–Crippen MR) is 89.0 cm³/mol. The first-order valence-corrected chi connectivity index (χ1v) is 8.10. The summed E-state index contributed by atoms with van der Waals surface area (Å²) in [5.74, 6) is 1.15. The number of hydrogen-bond acceptors (Lipinski definition) is 2. The minimum atomic E-state index is -0.0132. The highest BCUT2D eigenvalue weighted by Gasteiger charge is 2.23. The molecule has 0 spiro atoms. The minimum Gasteiger partial charge on any atom is -0.306 e. The summed E-state index contributed by atoms with van der Waals surface area (Å²) in [5.41, 5.74) is 3.13. The SMILES string of the molecule is Cc1ccccc1-c1nc(C2CCCC2)c(I)c(=O)[nH]1. The molecule has 0 amide bonds. The molecule has 1 aliphatic carbocycles. The van der Waals surface area contributed by atoms with E-state index in [2.05, 4.69) is 27.6 Å². The number of aromatic amines is 1. The Morgan fingerprint density at radius 1 is 1.25 bits per heavy atom. The van der Waals surface area contributed by atoms with Crippen LogP contribution in [0.25, 0.3) is 11.4 Å². The second-order valence-corrected chi connectivity index (χ2v) is 6.49. The molecule has 1 heterocycles. The maximum atomic E-state index is 12.2. The third kappa shape index (κ3) is 2.53. The second-order valence-electron chi connectivity index (χ2n) is 5.41. The summed E-state index contributed by atoms with van der Waals surface area (Å²) in [6, 6.07) is 8.04. The molecule has 1 aromatic heterocycles. The van der Waals surface area contributed by atoms with Gasteiger partial charge < -0.3 is 4.98 Å². The highest BCUT2D eigenvalue weighted by Crippen LogP contribution is 2.35. The largest absolute Gasteiger partial charge is 0.306 e. The molecule has 4 heteroatoms. The number of halogens is 1. The van der Waals surface area contributed by atoms with Gasteiger partial charge in [0.2, 0.25) is 0 Å². The van der Waals surface area contributed by atoms with Crippen LogP contribution in [0.15, 0.2) is 29.1 Å². The third-order valence-corrected chi connectivity index (χ3v) is 5.07. The van der Waals surface area contributed by atoms with Crippen LogP contribution in [-0.4, -0.2) is 9.97 Å². The van der Waals surface area contributed by atoms with Crippen molar-refractivity contribution in [2.75, 3.05) is 0 Å². The molecular formula is C16H17IN2O. The van der Waals surface area contributed by atoms with Crippen LogP contribution < -0.4 is 5.56 Å². The lowest BCUT2D eigenvalue weighted by atomic mass is 10.0. The molecule has 1 aromatic carbocycles. The zero-order valence-corrected chi connectivity index (χ0v) is 13.6. The van der Waals surface area contributed by atoms with Crippen molar-refractivity contribution in [1.29, 1.82) is 0 Å². The Balaban J connectivity index is 2.14. The number of H-pyrrole nitrogens is 1. The summed E-state index contributed by atoms with van der Waals surface area (Å²) >= 11 is 2.13. The average molecular weight is 380 g/mol. The van der Waals surface area contributed by atoms with Crippen molar-refractivity contribution in [3.05, 3.63) is 49.4 Å². The number of nitrogens with zero attached hydrogens (tertiary/aromatic N) is 1. The van der Waals surface area contributed by atoms with E-state index in [1.807, 2.05) is 31.2 Å². The Labute approximate surface area is 132 Å². The zero-order valence-electron chi connectivity index (χ0n) is 11.4. The lowest BCUT2D eigenvalue weighted by Crippen LogP contribution is -2.18. The van der Waals surface area contributed by atoms with Crippen LogP contribution in [0.3, 0.4) is 0 Å². The maximum Gasteiger partial charge on any atom is 0.264 e. The monoisotopic (exact) mass is 380 g/mol. The summed E-state index contributed by atoms with van der Waals surface area (Å²) in [6.07, 6.45) is 4.79. The van der Waals surface area contributed by atoms with Crippen molar-refractivity contribution in [1.82, 2.24) is 9.97 Å². The fraction of sp³-hybridized carbons (Fsp3) is 0.375. The average Bonchev–Trinajstić information content (AvgIpc) is 2.96. The molecule has 2 aromatic rings. The van der Waals surface area contributed by atoms with Crippen molar-refractivity contribution in [2.24, 2.45) is 0 Å². The van der Waals surface area contributed by atoms with E-state index >= 15 is 0 Å². The molecule has 20 heavy (non-hydrogen) atoms. The van der Waals surface area contributed by atoms with E-state index in [4.69, 9.17) is 4.98 Å². The highest BCUT2D eigenvalue weighted by atomic mass is 127. The summed E-state index contributed by atoms with van der Waals surface area (Å²) in [7, 11) is 0. The molecule has 0 bridgehead atoms. The Morgan fingerprint density at radius 2 is 1.95 bits per heavy atom. The molecule has 0 aliphatic heterocycles. The van der Waals surface area contributed by atoms with Gasteiger partial charge in [-0.25, -0.2) is 4.98 Å². The van der Waals surface area contributed by atoms with Crippen LogP contribution >= 0.6 is 22.6 Å². The highest BCUT2D eigenvalue weighted by molar-refractivity contribution is 14.1. The van der Waals surface area contributed by atoms with E-state index in [1.54, 1.807) is 0 Å². The maximum absolute atomic E-state index is 12.2. The van der Waals surface area contributed by atoms with Crippen molar-refractivity contribution < 1.29 is 0 Å². The van der Waals surface area contributed by atoms with E-state index in [1.165, 1.54) is 12.8 Å². The number of rotatable bonds is 2. The molecule has 1 fully saturated rings.